The normalized spacial score (nSPS) is 15.5. The number of rotatable bonds is 3. The first-order valence-electron chi connectivity index (χ1n) is 5.95. The zero-order valence-corrected chi connectivity index (χ0v) is 10.8. The maximum absolute atomic E-state index is 13.3. The average Bonchev–Trinajstić information content (AvgIpc) is 2.41. The van der Waals surface area contributed by atoms with Crippen LogP contribution < -0.4 is 0 Å². The zero-order valence-electron chi connectivity index (χ0n) is 10.1. The Morgan fingerprint density at radius 2 is 1.79 bits per heavy atom. The van der Waals surface area contributed by atoms with Crippen molar-refractivity contribution in [3.63, 3.8) is 0 Å². The quantitative estimate of drug-likeness (QED) is 0.862. The molecule has 2 rings (SSSR count). The molecule has 5 heteroatoms. The maximum Gasteiger partial charge on any atom is 0.331 e. The minimum absolute atomic E-state index is 0.0624. The van der Waals surface area contributed by atoms with Gasteiger partial charge >= 0.3 is 5.97 Å². The van der Waals surface area contributed by atoms with Crippen molar-refractivity contribution < 1.29 is 19.1 Å². The van der Waals surface area contributed by atoms with Crippen LogP contribution in [0.5, 0.6) is 0 Å². The fourth-order valence-electron chi connectivity index (χ4n) is 2.20. The zero-order chi connectivity index (χ0) is 14.0. The summed E-state index contributed by atoms with van der Waals surface area (Å²) in [5.41, 5.74) is 0.560. The molecule has 0 heterocycles. The highest BCUT2D eigenvalue weighted by atomic mass is 35.5. The Morgan fingerprint density at radius 1 is 1.16 bits per heavy atom. The molecule has 0 saturated carbocycles. The highest BCUT2D eigenvalue weighted by molar-refractivity contribution is 6.30. The van der Waals surface area contributed by atoms with Gasteiger partial charge in [0.25, 0.3) is 0 Å². The lowest BCUT2D eigenvalue weighted by Gasteiger charge is -2.16. The summed E-state index contributed by atoms with van der Waals surface area (Å²) in [6.07, 6.45) is 2.33. The van der Waals surface area contributed by atoms with Crippen molar-refractivity contribution in [2.24, 2.45) is 0 Å². The van der Waals surface area contributed by atoms with Gasteiger partial charge in [0.1, 0.15) is 5.82 Å². The second-order valence-electron chi connectivity index (χ2n) is 4.43. The van der Waals surface area contributed by atoms with E-state index in [1.165, 1.54) is 12.1 Å². The lowest BCUT2D eigenvalue weighted by atomic mass is 9.87. The van der Waals surface area contributed by atoms with Crippen LogP contribution in [0.15, 0.2) is 29.3 Å². The van der Waals surface area contributed by atoms with Gasteiger partial charge in [0.15, 0.2) is 5.78 Å². The predicted molar refractivity (Wildman–Crippen MR) is 68.9 cm³/mol. The Kier molecular flexibility index (Phi) is 4.00. The molecule has 0 atom stereocenters. The van der Waals surface area contributed by atoms with Crippen LogP contribution in [0.4, 0.5) is 4.39 Å². The number of carbonyl (C=O) groups is 2. The number of carboxylic acids is 1. The molecular weight excluding hydrogens is 271 g/mol. The second kappa shape index (κ2) is 5.53. The van der Waals surface area contributed by atoms with E-state index in [-0.39, 0.29) is 21.7 Å². The molecule has 0 spiro atoms. The van der Waals surface area contributed by atoms with Gasteiger partial charge in [0.2, 0.25) is 0 Å². The number of benzene rings is 1. The summed E-state index contributed by atoms with van der Waals surface area (Å²) in [6, 6.07) is 3.76. The molecule has 19 heavy (non-hydrogen) atoms. The van der Waals surface area contributed by atoms with Crippen LogP contribution >= 0.6 is 11.6 Å². The molecule has 0 fully saturated rings. The predicted octanol–water partition coefficient (Wildman–Crippen LogP) is 3.62. The number of halogens is 2. The van der Waals surface area contributed by atoms with Gasteiger partial charge in [-0.05, 0) is 43.9 Å². The molecular formula is C14H12ClFO3. The van der Waals surface area contributed by atoms with E-state index in [9.17, 15) is 14.0 Å². The first-order chi connectivity index (χ1) is 9.00. The molecule has 0 saturated heterocycles. The van der Waals surface area contributed by atoms with E-state index in [4.69, 9.17) is 16.7 Å². The first-order valence-corrected chi connectivity index (χ1v) is 6.33. The summed E-state index contributed by atoms with van der Waals surface area (Å²) in [5.74, 6) is -2.18. The minimum Gasteiger partial charge on any atom is -0.478 e. The van der Waals surface area contributed by atoms with Gasteiger partial charge < -0.3 is 5.11 Å². The van der Waals surface area contributed by atoms with Crippen molar-refractivity contribution in [3.05, 3.63) is 45.7 Å². The summed E-state index contributed by atoms with van der Waals surface area (Å²) in [4.78, 5) is 23.4. The Labute approximate surface area is 114 Å². The van der Waals surface area contributed by atoms with Crippen molar-refractivity contribution in [2.75, 3.05) is 0 Å². The molecule has 1 aromatic rings. The average molecular weight is 283 g/mol. The van der Waals surface area contributed by atoms with E-state index in [1.54, 1.807) is 0 Å². The van der Waals surface area contributed by atoms with Crippen molar-refractivity contribution >= 4 is 23.4 Å². The summed E-state index contributed by atoms with van der Waals surface area (Å²) < 4.78 is 13.3. The van der Waals surface area contributed by atoms with Gasteiger partial charge in [-0.1, -0.05) is 11.6 Å². The molecule has 1 N–H and O–H groups in total. The van der Waals surface area contributed by atoms with E-state index >= 15 is 0 Å². The van der Waals surface area contributed by atoms with E-state index < -0.39 is 17.6 Å². The molecule has 0 bridgehead atoms. The van der Waals surface area contributed by atoms with Gasteiger partial charge in [-0.3, -0.25) is 4.79 Å². The summed E-state index contributed by atoms with van der Waals surface area (Å²) >= 11 is 5.56. The Balaban J connectivity index is 2.41. The SMILES string of the molecule is O=C(O)C1=C(C(=O)c2ccc(Cl)c(F)c2)CCCC1. The van der Waals surface area contributed by atoms with Crippen molar-refractivity contribution in [3.8, 4) is 0 Å². The number of hydrogen-bond donors (Lipinski definition) is 1. The number of carboxylic acid groups (broad SMARTS) is 1. The minimum atomic E-state index is -1.07. The molecule has 0 unspecified atom stereocenters. The molecule has 0 amide bonds. The smallest absolute Gasteiger partial charge is 0.331 e. The highest BCUT2D eigenvalue weighted by Gasteiger charge is 2.24. The third-order valence-electron chi connectivity index (χ3n) is 3.18. The second-order valence-corrected chi connectivity index (χ2v) is 4.83. The van der Waals surface area contributed by atoms with Gasteiger partial charge in [-0.2, -0.15) is 0 Å². The molecule has 1 aliphatic rings. The molecule has 100 valence electrons. The first kappa shape index (κ1) is 13.7. The molecule has 1 aromatic carbocycles. The van der Waals surface area contributed by atoms with Crippen LogP contribution in [0.2, 0.25) is 5.02 Å². The number of carbonyl (C=O) groups excluding carboxylic acids is 1. The lowest BCUT2D eigenvalue weighted by Crippen LogP contribution is -2.15. The van der Waals surface area contributed by atoms with Crippen molar-refractivity contribution in [1.82, 2.24) is 0 Å². The number of Topliss-reactive ketones (excluding diaryl/α,β-unsaturated/α-hetero) is 1. The monoisotopic (exact) mass is 282 g/mol. The fourth-order valence-corrected chi connectivity index (χ4v) is 2.32. The molecule has 1 aliphatic carbocycles. The van der Waals surface area contributed by atoms with Crippen LogP contribution in [0.1, 0.15) is 36.0 Å². The fraction of sp³-hybridized carbons (Fsp3) is 0.286. The topological polar surface area (TPSA) is 54.4 Å². The highest BCUT2D eigenvalue weighted by Crippen LogP contribution is 2.28. The summed E-state index contributed by atoms with van der Waals surface area (Å²) in [6.45, 7) is 0. The molecule has 3 nitrogen and oxygen atoms in total. The summed E-state index contributed by atoms with van der Waals surface area (Å²) in [7, 11) is 0. The van der Waals surface area contributed by atoms with Crippen LogP contribution in [0.3, 0.4) is 0 Å². The number of allylic oxidation sites excluding steroid dienone is 1. The standard InChI is InChI=1S/C14H12ClFO3/c15-11-6-5-8(7-12(11)16)13(17)9-3-1-2-4-10(9)14(18)19/h5-7H,1-4H2,(H,18,19). The number of ketones is 1. The van der Waals surface area contributed by atoms with E-state index in [1.807, 2.05) is 0 Å². The third kappa shape index (κ3) is 2.84. The number of aliphatic carboxylic acids is 1. The maximum atomic E-state index is 13.3. The van der Waals surface area contributed by atoms with Crippen LogP contribution in [0.25, 0.3) is 0 Å². The van der Waals surface area contributed by atoms with Crippen molar-refractivity contribution in [2.45, 2.75) is 25.7 Å². The van der Waals surface area contributed by atoms with E-state index in [0.717, 1.165) is 18.9 Å². The van der Waals surface area contributed by atoms with Gasteiger partial charge in [0, 0.05) is 16.7 Å². The summed E-state index contributed by atoms with van der Waals surface area (Å²) in [5, 5.41) is 9.04. The number of hydrogen-bond acceptors (Lipinski definition) is 2. The van der Waals surface area contributed by atoms with Crippen molar-refractivity contribution in [1.29, 1.82) is 0 Å². The van der Waals surface area contributed by atoms with Crippen LogP contribution in [-0.4, -0.2) is 16.9 Å². The Bertz CT molecular complexity index is 578. The molecule has 0 aromatic heterocycles. The Morgan fingerprint density at radius 3 is 2.37 bits per heavy atom. The molecule has 0 aliphatic heterocycles. The van der Waals surface area contributed by atoms with E-state index in [2.05, 4.69) is 0 Å². The lowest BCUT2D eigenvalue weighted by molar-refractivity contribution is -0.133. The van der Waals surface area contributed by atoms with Crippen LogP contribution in [-0.2, 0) is 4.79 Å². The Hall–Kier alpha value is -1.68. The largest absolute Gasteiger partial charge is 0.478 e. The molecule has 0 radical (unpaired) electrons. The van der Waals surface area contributed by atoms with Gasteiger partial charge in [-0.15, -0.1) is 0 Å². The third-order valence-corrected chi connectivity index (χ3v) is 3.49. The van der Waals surface area contributed by atoms with Gasteiger partial charge in [-0.25, -0.2) is 9.18 Å². The van der Waals surface area contributed by atoms with Crippen LogP contribution in [0, 0.1) is 5.82 Å². The van der Waals surface area contributed by atoms with Gasteiger partial charge in [0.05, 0.1) is 5.02 Å². The van der Waals surface area contributed by atoms with E-state index in [0.29, 0.717) is 12.8 Å².